The lowest BCUT2D eigenvalue weighted by atomic mass is 10.0. The number of hydrogen-bond donors (Lipinski definition) is 1. The quantitative estimate of drug-likeness (QED) is 0.788. The average Bonchev–Trinajstić information content (AvgIpc) is 2.96. The first-order valence-electron chi connectivity index (χ1n) is 8.91. The third kappa shape index (κ3) is 3.18. The first-order valence-corrected chi connectivity index (χ1v) is 8.91. The normalized spacial score (nSPS) is 14.0. The summed E-state index contributed by atoms with van der Waals surface area (Å²) in [6, 6.07) is 14.4. The summed E-state index contributed by atoms with van der Waals surface area (Å²) in [7, 11) is 4.17. The summed E-state index contributed by atoms with van der Waals surface area (Å²) in [5, 5.41) is 4.09. The summed E-state index contributed by atoms with van der Waals surface area (Å²) < 4.78 is 7.92. The van der Waals surface area contributed by atoms with Crippen molar-refractivity contribution in [3.05, 3.63) is 54.2 Å². The lowest BCUT2D eigenvalue weighted by Gasteiger charge is -2.12. The molecule has 0 saturated carbocycles. The van der Waals surface area contributed by atoms with E-state index in [1.165, 1.54) is 10.9 Å². The van der Waals surface area contributed by atoms with Gasteiger partial charge in [0.2, 0.25) is 0 Å². The summed E-state index contributed by atoms with van der Waals surface area (Å²) in [5.74, 6) is 0.578. The number of likely N-dealkylation sites (N-methyl/N-ethyl adjacent to an activating group) is 1. The molecule has 0 unspecified atom stereocenters. The predicted octanol–water partition coefficient (Wildman–Crippen LogP) is 2.99. The van der Waals surface area contributed by atoms with Crippen molar-refractivity contribution in [3.63, 3.8) is 0 Å². The Hall–Kier alpha value is -2.79. The summed E-state index contributed by atoms with van der Waals surface area (Å²) in [5.41, 5.74) is 3.93. The molecule has 134 valence electrons. The topological polar surface area (TPSA) is 46.5 Å². The lowest BCUT2D eigenvalue weighted by molar-refractivity contribution is 0.0957. The van der Waals surface area contributed by atoms with Crippen molar-refractivity contribution in [1.82, 2.24) is 14.8 Å². The molecule has 0 spiro atoms. The second-order valence-corrected chi connectivity index (χ2v) is 6.90. The molecule has 0 atom stereocenters. The molecule has 0 bridgehead atoms. The Balaban J connectivity index is 1.72. The molecule has 0 saturated heterocycles. The fraction of sp³-hybridized carbons (Fsp3) is 0.286. The molecule has 1 aromatic heterocycles. The van der Waals surface area contributed by atoms with Crippen molar-refractivity contribution in [1.29, 1.82) is 0 Å². The number of hydrogen-bond acceptors (Lipinski definition) is 3. The minimum Gasteiger partial charge on any atom is -0.491 e. The summed E-state index contributed by atoms with van der Waals surface area (Å²) >= 11 is 0. The third-order valence-corrected chi connectivity index (χ3v) is 4.76. The highest BCUT2D eigenvalue weighted by atomic mass is 16.5. The van der Waals surface area contributed by atoms with E-state index in [9.17, 15) is 4.79 Å². The molecular weight excluding hydrogens is 326 g/mol. The molecule has 1 aliphatic heterocycles. The zero-order chi connectivity index (χ0) is 18.1. The molecule has 5 nitrogen and oxygen atoms in total. The molecule has 4 rings (SSSR count). The van der Waals surface area contributed by atoms with Crippen LogP contribution in [0.15, 0.2) is 48.7 Å². The molecular formula is C21H23N3O2. The Morgan fingerprint density at radius 2 is 1.92 bits per heavy atom. The Bertz CT molecular complexity index is 959. The van der Waals surface area contributed by atoms with Crippen molar-refractivity contribution < 1.29 is 9.53 Å². The maximum Gasteiger partial charge on any atom is 0.255 e. The standard InChI is InChI=1S/C21H23N3O2/c1-23(2)10-11-24-9-7-15-3-4-17(14-19(15)24)16-5-6-20-18(13-16)21(25)22-8-12-26-20/h3-7,9,13-14H,8,10-12H2,1-2H3,(H,22,25). The second kappa shape index (κ2) is 6.84. The van der Waals surface area contributed by atoms with Crippen molar-refractivity contribution in [3.8, 4) is 16.9 Å². The minimum absolute atomic E-state index is 0.0743. The van der Waals surface area contributed by atoms with Crippen molar-refractivity contribution in [2.45, 2.75) is 6.54 Å². The van der Waals surface area contributed by atoms with Crippen LogP contribution in [0.25, 0.3) is 22.0 Å². The lowest BCUT2D eigenvalue weighted by Crippen LogP contribution is -2.24. The number of nitrogens with one attached hydrogen (secondary N) is 1. The zero-order valence-corrected chi connectivity index (χ0v) is 15.2. The van der Waals surface area contributed by atoms with Crippen LogP contribution in [0.4, 0.5) is 0 Å². The molecule has 1 amide bonds. The first-order chi connectivity index (χ1) is 12.6. The largest absolute Gasteiger partial charge is 0.491 e. The van der Waals surface area contributed by atoms with Crippen LogP contribution in [0.1, 0.15) is 10.4 Å². The Kier molecular flexibility index (Phi) is 4.39. The first kappa shape index (κ1) is 16.7. The van der Waals surface area contributed by atoms with Gasteiger partial charge in [-0.25, -0.2) is 0 Å². The molecule has 2 heterocycles. The number of fused-ring (bicyclic) bond motifs is 2. The van der Waals surface area contributed by atoms with Crippen LogP contribution in [-0.2, 0) is 6.54 Å². The monoisotopic (exact) mass is 349 g/mol. The second-order valence-electron chi connectivity index (χ2n) is 6.90. The van der Waals surface area contributed by atoms with Gasteiger partial charge in [0.05, 0.1) is 12.1 Å². The van der Waals surface area contributed by atoms with E-state index < -0.39 is 0 Å². The maximum absolute atomic E-state index is 12.3. The van der Waals surface area contributed by atoms with Gasteiger partial charge in [0.1, 0.15) is 12.4 Å². The molecule has 1 aliphatic rings. The Morgan fingerprint density at radius 3 is 2.77 bits per heavy atom. The van der Waals surface area contributed by atoms with Gasteiger partial charge in [-0.15, -0.1) is 0 Å². The van der Waals surface area contributed by atoms with E-state index in [0.29, 0.717) is 24.5 Å². The summed E-state index contributed by atoms with van der Waals surface area (Å²) in [4.78, 5) is 14.4. The number of nitrogens with zero attached hydrogens (tertiary/aromatic N) is 2. The van der Waals surface area contributed by atoms with E-state index >= 15 is 0 Å². The average molecular weight is 349 g/mol. The zero-order valence-electron chi connectivity index (χ0n) is 15.2. The molecule has 0 radical (unpaired) electrons. The van der Waals surface area contributed by atoms with Crippen LogP contribution < -0.4 is 10.1 Å². The molecule has 1 N–H and O–H groups in total. The molecule has 5 heteroatoms. The Labute approximate surface area is 153 Å². The number of aromatic nitrogens is 1. The van der Waals surface area contributed by atoms with Gasteiger partial charge in [-0.3, -0.25) is 4.79 Å². The van der Waals surface area contributed by atoms with Gasteiger partial charge in [-0.05, 0) is 54.9 Å². The van der Waals surface area contributed by atoms with Gasteiger partial charge in [0.15, 0.2) is 0 Å². The maximum atomic E-state index is 12.3. The number of carbonyl (C=O) groups excluding carboxylic acids is 1. The molecule has 2 aromatic carbocycles. The fourth-order valence-corrected chi connectivity index (χ4v) is 3.30. The van der Waals surface area contributed by atoms with Crippen LogP contribution in [0.3, 0.4) is 0 Å². The smallest absolute Gasteiger partial charge is 0.255 e. The van der Waals surface area contributed by atoms with Crippen LogP contribution in [0, 0.1) is 0 Å². The van der Waals surface area contributed by atoms with Crippen molar-refractivity contribution in [2.24, 2.45) is 0 Å². The molecule has 3 aromatic rings. The van der Waals surface area contributed by atoms with E-state index in [-0.39, 0.29) is 5.91 Å². The van der Waals surface area contributed by atoms with Crippen LogP contribution in [0.5, 0.6) is 5.75 Å². The van der Waals surface area contributed by atoms with Crippen molar-refractivity contribution >= 4 is 16.8 Å². The number of benzene rings is 2. The fourth-order valence-electron chi connectivity index (χ4n) is 3.30. The predicted molar refractivity (Wildman–Crippen MR) is 104 cm³/mol. The van der Waals surface area contributed by atoms with Gasteiger partial charge in [0, 0.05) is 24.8 Å². The summed E-state index contributed by atoms with van der Waals surface area (Å²) in [6.45, 7) is 2.97. The van der Waals surface area contributed by atoms with Crippen LogP contribution in [-0.4, -0.2) is 49.2 Å². The van der Waals surface area contributed by atoms with Gasteiger partial charge < -0.3 is 19.5 Å². The SMILES string of the molecule is CN(C)CCn1ccc2ccc(-c3ccc4c(c3)C(=O)NCCO4)cc21. The van der Waals surface area contributed by atoms with Gasteiger partial charge in [-0.1, -0.05) is 18.2 Å². The van der Waals surface area contributed by atoms with Crippen LogP contribution >= 0.6 is 0 Å². The van der Waals surface area contributed by atoms with E-state index in [2.05, 4.69) is 59.3 Å². The number of rotatable bonds is 4. The van der Waals surface area contributed by atoms with Gasteiger partial charge in [0.25, 0.3) is 5.91 Å². The van der Waals surface area contributed by atoms with E-state index in [4.69, 9.17) is 4.74 Å². The highest BCUT2D eigenvalue weighted by Crippen LogP contribution is 2.30. The minimum atomic E-state index is -0.0743. The van der Waals surface area contributed by atoms with Crippen LogP contribution in [0.2, 0.25) is 0 Å². The van der Waals surface area contributed by atoms with E-state index in [1.807, 2.05) is 18.2 Å². The number of amides is 1. The number of ether oxygens (including phenoxy) is 1. The van der Waals surface area contributed by atoms with E-state index in [1.54, 1.807) is 0 Å². The third-order valence-electron chi connectivity index (χ3n) is 4.76. The Morgan fingerprint density at radius 1 is 1.12 bits per heavy atom. The molecule has 26 heavy (non-hydrogen) atoms. The highest BCUT2D eigenvalue weighted by molar-refractivity contribution is 5.98. The van der Waals surface area contributed by atoms with E-state index in [0.717, 1.165) is 24.2 Å². The number of carbonyl (C=O) groups is 1. The van der Waals surface area contributed by atoms with Gasteiger partial charge >= 0.3 is 0 Å². The van der Waals surface area contributed by atoms with Gasteiger partial charge in [-0.2, -0.15) is 0 Å². The summed E-state index contributed by atoms with van der Waals surface area (Å²) in [6.07, 6.45) is 2.14. The molecule has 0 fully saturated rings. The van der Waals surface area contributed by atoms with Crippen molar-refractivity contribution in [2.75, 3.05) is 33.8 Å². The highest BCUT2D eigenvalue weighted by Gasteiger charge is 2.17. The molecule has 0 aliphatic carbocycles.